The number of alkyl halides is 2. The lowest BCUT2D eigenvalue weighted by Gasteiger charge is -2.38. The second-order valence-electron chi connectivity index (χ2n) is 6.71. The largest absolute Gasteiger partial charge is 0.494 e. The van der Waals surface area contributed by atoms with Crippen molar-refractivity contribution in [1.29, 1.82) is 5.26 Å². The number of pyridine rings is 1. The van der Waals surface area contributed by atoms with Gasteiger partial charge in [0.2, 0.25) is 0 Å². The number of fused-ring (bicyclic) bond motifs is 1. The Balaban J connectivity index is 1.91. The number of nitrogens with two attached hydrogens (primary N) is 1. The van der Waals surface area contributed by atoms with Gasteiger partial charge in [-0.15, -0.1) is 0 Å². The van der Waals surface area contributed by atoms with Crippen molar-refractivity contribution in [2.24, 2.45) is 5.14 Å². The molecule has 11 heteroatoms. The highest BCUT2D eigenvalue weighted by molar-refractivity contribution is 7.86. The minimum absolute atomic E-state index is 0.307. The highest BCUT2D eigenvalue weighted by Gasteiger charge is 2.33. The Bertz CT molecular complexity index is 1030. The summed E-state index contributed by atoms with van der Waals surface area (Å²) in [6.45, 7) is -0.168. The zero-order valence-electron chi connectivity index (χ0n) is 15.8. The van der Waals surface area contributed by atoms with E-state index in [-0.39, 0.29) is 0 Å². The first-order valence-corrected chi connectivity index (χ1v) is 10.4. The predicted octanol–water partition coefficient (Wildman–Crippen LogP) is 1.85. The fraction of sp³-hybridized carbons (Fsp3) is 0.444. The van der Waals surface area contributed by atoms with Crippen LogP contribution in [0, 0.1) is 11.3 Å². The fourth-order valence-electron chi connectivity index (χ4n) is 3.74. The van der Waals surface area contributed by atoms with Crippen LogP contribution in [0.1, 0.15) is 18.4 Å². The molecule has 1 aromatic carbocycles. The van der Waals surface area contributed by atoms with Crippen LogP contribution < -0.4 is 14.8 Å². The van der Waals surface area contributed by atoms with Crippen molar-refractivity contribution in [1.82, 2.24) is 9.29 Å². The number of anilines is 1. The van der Waals surface area contributed by atoms with Crippen molar-refractivity contribution >= 4 is 26.8 Å². The zero-order chi connectivity index (χ0) is 21.2. The summed E-state index contributed by atoms with van der Waals surface area (Å²) in [5, 5.41) is 15.4. The Morgan fingerprint density at radius 1 is 1.41 bits per heavy atom. The van der Waals surface area contributed by atoms with Gasteiger partial charge < -0.3 is 9.64 Å². The van der Waals surface area contributed by atoms with Crippen LogP contribution >= 0.6 is 0 Å². The molecule has 0 bridgehead atoms. The van der Waals surface area contributed by atoms with E-state index in [1.54, 1.807) is 12.1 Å². The molecule has 0 amide bonds. The average molecular weight is 425 g/mol. The van der Waals surface area contributed by atoms with Crippen LogP contribution in [0.5, 0.6) is 5.75 Å². The SMILES string of the molecule is COc1cccc2c(N3CCC(N(CC(F)F)S(N)(=O)=O)CC3)c(C#N)cnc12. The van der Waals surface area contributed by atoms with E-state index in [0.29, 0.717) is 52.8 Å². The van der Waals surface area contributed by atoms with Gasteiger partial charge in [0.15, 0.2) is 0 Å². The number of aromatic nitrogens is 1. The number of nitriles is 1. The van der Waals surface area contributed by atoms with E-state index in [0.717, 1.165) is 5.39 Å². The Labute approximate surface area is 167 Å². The van der Waals surface area contributed by atoms with Crippen molar-refractivity contribution in [3.63, 3.8) is 0 Å². The average Bonchev–Trinajstić information content (AvgIpc) is 2.70. The number of hydrogen-bond acceptors (Lipinski definition) is 6. The molecule has 0 unspecified atom stereocenters. The minimum Gasteiger partial charge on any atom is -0.494 e. The van der Waals surface area contributed by atoms with Crippen molar-refractivity contribution in [3.05, 3.63) is 30.0 Å². The number of nitrogens with zero attached hydrogens (tertiary/aromatic N) is 4. The molecule has 1 aromatic heterocycles. The maximum atomic E-state index is 12.8. The summed E-state index contributed by atoms with van der Waals surface area (Å²) >= 11 is 0. The topological polar surface area (TPSA) is 113 Å². The van der Waals surface area contributed by atoms with E-state index < -0.39 is 29.2 Å². The molecular formula is C18H21F2N5O3S. The molecule has 2 aromatic rings. The molecule has 1 aliphatic rings. The molecule has 156 valence electrons. The molecular weight excluding hydrogens is 404 g/mol. The molecule has 2 heterocycles. The van der Waals surface area contributed by atoms with Crippen molar-refractivity contribution in [2.75, 3.05) is 31.6 Å². The molecule has 8 nitrogen and oxygen atoms in total. The van der Waals surface area contributed by atoms with Crippen molar-refractivity contribution in [3.8, 4) is 11.8 Å². The van der Waals surface area contributed by atoms with Crippen LogP contribution in [-0.4, -0.2) is 56.9 Å². The fourth-order valence-corrected chi connectivity index (χ4v) is 4.69. The van der Waals surface area contributed by atoms with Crippen molar-refractivity contribution in [2.45, 2.75) is 25.3 Å². The number of para-hydroxylation sites is 1. The third kappa shape index (κ3) is 4.39. The quantitative estimate of drug-likeness (QED) is 0.756. The smallest absolute Gasteiger partial charge is 0.277 e. The third-order valence-corrected chi connectivity index (χ3v) is 6.11. The summed E-state index contributed by atoms with van der Waals surface area (Å²) < 4.78 is 55.2. The lowest BCUT2D eigenvalue weighted by molar-refractivity contribution is 0.101. The van der Waals surface area contributed by atoms with Gasteiger partial charge in [0.25, 0.3) is 16.6 Å². The van der Waals surface area contributed by atoms with Gasteiger partial charge in [0.1, 0.15) is 17.3 Å². The van der Waals surface area contributed by atoms with Gasteiger partial charge in [-0.05, 0) is 18.9 Å². The molecule has 0 radical (unpaired) electrons. The zero-order valence-corrected chi connectivity index (χ0v) is 16.6. The third-order valence-electron chi connectivity index (χ3n) is 5.01. The Morgan fingerprint density at radius 2 is 2.10 bits per heavy atom. The van der Waals surface area contributed by atoms with Gasteiger partial charge in [-0.2, -0.15) is 18.0 Å². The van der Waals surface area contributed by atoms with E-state index in [4.69, 9.17) is 9.88 Å². The standard InChI is InChI=1S/C18H21F2N5O3S/c1-28-15-4-2-3-14-17(15)23-10-12(9-21)18(14)24-7-5-13(6-8-24)25(11-16(19)20)29(22,26)27/h2-4,10,13,16H,5-8,11H2,1H3,(H2,22,26,27). The van der Waals surface area contributed by atoms with Gasteiger partial charge in [-0.1, -0.05) is 12.1 Å². The lowest BCUT2D eigenvalue weighted by atomic mass is 10.0. The van der Waals surface area contributed by atoms with E-state index in [1.807, 2.05) is 11.0 Å². The van der Waals surface area contributed by atoms with Crippen LogP contribution in [0.25, 0.3) is 10.9 Å². The second kappa shape index (κ2) is 8.44. The number of halogens is 2. The lowest BCUT2D eigenvalue weighted by Crippen LogP contribution is -2.51. The molecule has 1 saturated heterocycles. The molecule has 0 saturated carbocycles. The molecule has 0 spiro atoms. The summed E-state index contributed by atoms with van der Waals surface area (Å²) in [6, 6.07) is 6.92. The molecule has 1 aliphatic heterocycles. The number of hydrogen-bond donors (Lipinski definition) is 1. The highest BCUT2D eigenvalue weighted by atomic mass is 32.2. The Hall–Kier alpha value is -2.55. The first kappa shape index (κ1) is 21.2. The van der Waals surface area contributed by atoms with Crippen LogP contribution in [0.4, 0.5) is 14.5 Å². The van der Waals surface area contributed by atoms with Crippen LogP contribution in [-0.2, 0) is 10.2 Å². The molecule has 0 atom stereocenters. The van der Waals surface area contributed by atoms with E-state index >= 15 is 0 Å². The van der Waals surface area contributed by atoms with Gasteiger partial charge in [-0.25, -0.2) is 13.9 Å². The second-order valence-corrected chi connectivity index (χ2v) is 8.21. The highest BCUT2D eigenvalue weighted by Crippen LogP contribution is 2.35. The Kier molecular flexibility index (Phi) is 6.16. The maximum Gasteiger partial charge on any atom is 0.277 e. The van der Waals surface area contributed by atoms with Gasteiger partial charge in [0, 0.05) is 30.7 Å². The molecule has 29 heavy (non-hydrogen) atoms. The van der Waals surface area contributed by atoms with Gasteiger partial charge >= 0.3 is 0 Å². The van der Waals surface area contributed by atoms with E-state index in [2.05, 4.69) is 11.1 Å². The molecule has 0 aliphatic carbocycles. The minimum atomic E-state index is -4.24. The number of rotatable bonds is 6. The predicted molar refractivity (Wildman–Crippen MR) is 104 cm³/mol. The normalized spacial score (nSPS) is 15.8. The van der Waals surface area contributed by atoms with Crippen molar-refractivity contribution < 1.29 is 21.9 Å². The Morgan fingerprint density at radius 3 is 2.66 bits per heavy atom. The van der Waals surface area contributed by atoms with Gasteiger partial charge in [-0.3, -0.25) is 4.98 Å². The molecule has 1 fully saturated rings. The molecule has 3 rings (SSSR count). The monoisotopic (exact) mass is 425 g/mol. The first-order valence-electron chi connectivity index (χ1n) is 8.94. The van der Waals surface area contributed by atoms with E-state index in [9.17, 15) is 22.5 Å². The van der Waals surface area contributed by atoms with Gasteiger partial charge in [0.05, 0.1) is 24.9 Å². The maximum absolute atomic E-state index is 12.8. The number of ether oxygens (including phenoxy) is 1. The van der Waals surface area contributed by atoms with Crippen LogP contribution in [0.3, 0.4) is 0 Å². The molecule has 2 N–H and O–H groups in total. The summed E-state index contributed by atoms with van der Waals surface area (Å²) in [4.78, 5) is 6.27. The number of benzene rings is 1. The number of methoxy groups -OCH3 is 1. The summed E-state index contributed by atoms with van der Waals surface area (Å²) in [5.74, 6) is 0.570. The summed E-state index contributed by atoms with van der Waals surface area (Å²) in [6.07, 6.45) is -0.725. The van der Waals surface area contributed by atoms with Crippen LogP contribution in [0.15, 0.2) is 24.4 Å². The van der Waals surface area contributed by atoms with E-state index in [1.165, 1.54) is 13.3 Å². The summed E-state index contributed by atoms with van der Waals surface area (Å²) in [7, 11) is -2.71. The summed E-state index contributed by atoms with van der Waals surface area (Å²) in [5.41, 5.74) is 1.65. The van der Waals surface area contributed by atoms with Crippen LogP contribution in [0.2, 0.25) is 0 Å². The number of piperidine rings is 1. The first-order chi connectivity index (χ1) is 13.8.